The largest absolute Gasteiger partial charge is 0.387 e. The van der Waals surface area contributed by atoms with Crippen LogP contribution in [0.25, 0.3) is 27.5 Å². The molecule has 9 rings (SSSR count). The van der Waals surface area contributed by atoms with E-state index >= 15 is 0 Å². The van der Waals surface area contributed by atoms with Gasteiger partial charge in [0.15, 0.2) is 5.01 Å². The van der Waals surface area contributed by atoms with Crippen molar-refractivity contribution in [2.75, 3.05) is 56.5 Å². The van der Waals surface area contributed by atoms with Gasteiger partial charge >= 0.3 is 0 Å². The summed E-state index contributed by atoms with van der Waals surface area (Å²) in [4.78, 5) is 63.8. The van der Waals surface area contributed by atoms with Crippen molar-refractivity contribution in [1.82, 2.24) is 44.8 Å². The molecule has 0 aliphatic carbocycles. The number of amides is 4. The zero-order chi connectivity index (χ0) is 38.5. The lowest BCUT2D eigenvalue weighted by molar-refractivity contribution is -0.136. The lowest BCUT2D eigenvalue weighted by Gasteiger charge is -2.42. The van der Waals surface area contributed by atoms with Gasteiger partial charge in [0, 0.05) is 88.3 Å². The summed E-state index contributed by atoms with van der Waals surface area (Å²) >= 11 is 1.54. The number of benzene rings is 1. The topological polar surface area (TPSA) is 185 Å². The molecule has 16 nitrogen and oxygen atoms in total. The Hall–Kier alpha value is -6.25. The van der Waals surface area contributed by atoms with Crippen LogP contribution in [0.15, 0.2) is 54.9 Å². The zero-order valence-electron chi connectivity index (χ0n) is 30.6. The Kier molecular flexibility index (Phi) is 9.14. The number of carbonyl (C=O) groups excluding carboxylic acids is 4. The highest BCUT2D eigenvalue weighted by Gasteiger charge is 2.40. The first kappa shape index (κ1) is 35.5. The molecule has 3 saturated heterocycles. The Morgan fingerprint density at radius 1 is 0.946 bits per heavy atom. The van der Waals surface area contributed by atoms with Gasteiger partial charge in [0.05, 0.1) is 34.2 Å². The highest BCUT2D eigenvalue weighted by Crippen LogP contribution is 2.36. The SMILES string of the molecule is CNc1cc(-c2ccc3cc(C#N)cnn23)ncc1-c1nnc(N2CCN(C3CCN(C(=O)c4ccc5c(c4)C(=O)N(C4CCC(=O)NC4=O)C5)CC3)CC2)s1. The van der Waals surface area contributed by atoms with Crippen molar-refractivity contribution in [1.29, 1.82) is 5.26 Å². The molecule has 56 heavy (non-hydrogen) atoms. The Bertz CT molecular complexity index is 2440. The van der Waals surface area contributed by atoms with E-state index in [-0.39, 0.29) is 30.7 Å². The minimum atomic E-state index is -0.686. The molecule has 5 aromatic rings. The number of anilines is 2. The Morgan fingerprint density at radius 2 is 1.77 bits per heavy atom. The van der Waals surface area contributed by atoms with Crippen molar-refractivity contribution in [2.45, 2.75) is 44.3 Å². The second-order valence-electron chi connectivity index (χ2n) is 14.5. The number of piperazine rings is 1. The number of pyridine rings is 1. The Labute approximate surface area is 325 Å². The molecule has 4 aliphatic rings. The van der Waals surface area contributed by atoms with Gasteiger partial charge in [-0.05, 0) is 61.2 Å². The summed E-state index contributed by atoms with van der Waals surface area (Å²) in [5, 5.41) is 30.0. The van der Waals surface area contributed by atoms with Crippen molar-refractivity contribution in [3.8, 4) is 28.0 Å². The molecule has 1 atom stereocenters. The summed E-state index contributed by atoms with van der Waals surface area (Å²) in [5.74, 6) is -1.14. The average molecular weight is 771 g/mol. The highest BCUT2D eigenvalue weighted by molar-refractivity contribution is 7.18. The molecular formula is C39H38N12O4S. The van der Waals surface area contributed by atoms with Gasteiger partial charge in [-0.2, -0.15) is 10.4 Å². The molecule has 1 unspecified atom stereocenters. The number of piperidine rings is 2. The van der Waals surface area contributed by atoms with E-state index in [1.807, 2.05) is 42.4 Å². The molecule has 3 fully saturated rings. The maximum Gasteiger partial charge on any atom is 0.255 e. The third-order valence-electron chi connectivity index (χ3n) is 11.3. The van der Waals surface area contributed by atoms with E-state index in [9.17, 15) is 24.4 Å². The fourth-order valence-electron chi connectivity index (χ4n) is 8.26. The molecule has 4 amide bonds. The number of nitriles is 1. The van der Waals surface area contributed by atoms with Gasteiger partial charge in [0.25, 0.3) is 11.8 Å². The number of hydrogen-bond donors (Lipinski definition) is 2. The van der Waals surface area contributed by atoms with Gasteiger partial charge in [-0.1, -0.05) is 17.4 Å². The van der Waals surface area contributed by atoms with Crippen LogP contribution < -0.4 is 15.5 Å². The van der Waals surface area contributed by atoms with Gasteiger partial charge in [0.1, 0.15) is 12.1 Å². The van der Waals surface area contributed by atoms with E-state index in [0.29, 0.717) is 42.2 Å². The second-order valence-corrected chi connectivity index (χ2v) is 15.4. The first-order chi connectivity index (χ1) is 27.3. The van der Waals surface area contributed by atoms with E-state index < -0.39 is 11.9 Å². The standard InChI is InChI=1S/C39H38N12O4S/c1-41-30-18-31(32-5-4-27-16-23(19-40)20-43-51(27)32)42-21-29(30)36-45-46-39(56-36)49-14-12-47(13-15-49)26-8-10-48(11-9-26)37(54)24-2-3-25-22-50(38(55)28(25)17-24)33-6-7-34(52)44-35(33)53/h2-5,16-18,20-21,26,33H,6-15,22H2,1H3,(H,41,42)(H,44,52,53). The van der Waals surface area contributed by atoms with E-state index in [2.05, 4.69) is 41.8 Å². The van der Waals surface area contributed by atoms with Crippen molar-refractivity contribution < 1.29 is 19.2 Å². The molecule has 0 saturated carbocycles. The van der Waals surface area contributed by atoms with Gasteiger partial charge in [-0.3, -0.25) is 34.4 Å². The van der Waals surface area contributed by atoms with Gasteiger partial charge in [-0.25, -0.2) is 4.52 Å². The molecule has 0 radical (unpaired) electrons. The van der Waals surface area contributed by atoms with Crippen molar-refractivity contribution >= 4 is 51.3 Å². The van der Waals surface area contributed by atoms with Gasteiger partial charge in [0.2, 0.25) is 16.9 Å². The third kappa shape index (κ3) is 6.39. The van der Waals surface area contributed by atoms with E-state index in [4.69, 9.17) is 4.98 Å². The van der Waals surface area contributed by atoms with Crippen molar-refractivity contribution in [3.63, 3.8) is 0 Å². The number of rotatable bonds is 7. The molecule has 17 heteroatoms. The summed E-state index contributed by atoms with van der Waals surface area (Å²) in [6.45, 7) is 4.98. The van der Waals surface area contributed by atoms with Crippen LogP contribution in [0.3, 0.4) is 0 Å². The lowest BCUT2D eigenvalue weighted by atomic mass is 10.00. The molecule has 0 spiro atoms. The molecule has 284 valence electrons. The first-order valence-electron chi connectivity index (χ1n) is 18.7. The Balaban J connectivity index is 0.789. The predicted octanol–water partition coefficient (Wildman–Crippen LogP) is 3.02. The summed E-state index contributed by atoms with van der Waals surface area (Å²) in [6.07, 6.45) is 5.59. The average Bonchev–Trinajstić information content (AvgIpc) is 3.98. The molecule has 8 heterocycles. The highest BCUT2D eigenvalue weighted by atomic mass is 32.1. The number of aromatic nitrogens is 5. The number of fused-ring (bicyclic) bond motifs is 2. The summed E-state index contributed by atoms with van der Waals surface area (Å²) in [5.41, 5.74) is 6.32. The predicted molar refractivity (Wildman–Crippen MR) is 207 cm³/mol. The smallest absolute Gasteiger partial charge is 0.255 e. The van der Waals surface area contributed by atoms with E-state index in [0.717, 1.165) is 82.9 Å². The normalized spacial score (nSPS) is 19.3. The Morgan fingerprint density at radius 3 is 2.54 bits per heavy atom. The maximum atomic E-state index is 13.6. The van der Waals surface area contributed by atoms with Crippen molar-refractivity contribution in [3.05, 3.63) is 77.1 Å². The van der Waals surface area contributed by atoms with Gasteiger partial charge in [-0.15, -0.1) is 10.2 Å². The third-order valence-corrected chi connectivity index (χ3v) is 12.4. The number of nitrogens with one attached hydrogen (secondary N) is 2. The number of likely N-dealkylation sites (tertiary alicyclic amines) is 1. The molecular weight excluding hydrogens is 733 g/mol. The quantitative estimate of drug-likeness (QED) is 0.231. The summed E-state index contributed by atoms with van der Waals surface area (Å²) in [6, 6.07) is 14.7. The summed E-state index contributed by atoms with van der Waals surface area (Å²) in [7, 11) is 1.87. The van der Waals surface area contributed by atoms with Crippen LogP contribution in [0, 0.1) is 11.3 Å². The zero-order valence-corrected chi connectivity index (χ0v) is 31.5. The van der Waals surface area contributed by atoms with Crippen LogP contribution >= 0.6 is 11.3 Å². The summed E-state index contributed by atoms with van der Waals surface area (Å²) < 4.78 is 1.77. The monoisotopic (exact) mass is 770 g/mol. The van der Waals surface area contributed by atoms with Crippen LogP contribution in [0.5, 0.6) is 0 Å². The van der Waals surface area contributed by atoms with Crippen LogP contribution in [-0.2, 0) is 16.1 Å². The number of imide groups is 1. The molecule has 2 N–H and O–H groups in total. The number of carbonyl (C=O) groups is 4. The fourth-order valence-corrected chi connectivity index (χ4v) is 9.18. The van der Waals surface area contributed by atoms with Crippen LogP contribution in [0.1, 0.15) is 57.5 Å². The van der Waals surface area contributed by atoms with Crippen LogP contribution in [0.4, 0.5) is 10.8 Å². The minimum Gasteiger partial charge on any atom is -0.387 e. The first-order valence-corrected chi connectivity index (χ1v) is 19.6. The van der Waals surface area contributed by atoms with Gasteiger partial charge < -0.3 is 20.0 Å². The van der Waals surface area contributed by atoms with E-state index in [1.165, 1.54) is 4.90 Å². The van der Waals surface area contributed by atoms with Crippen LogP contribution in [-0.4, -0.2) is 122 Å². The van der Waals surface area contributed by atoms with Crippen LogP contribution in [0.2, 0.25) is 0 Å². The second kappa shape index (κ2) is 14.4. The fraction of sp³-hybridized carbons (Fsp3) is 0.359. The van der Waals surface area contributed by atoms with E-state index in [1.54, 1.807) is 40.2 Å². The maximum absolute atomic E-state index is 13.6. The molecule has 1 aromatic carbocycles. The number of nitrogens with zero attached hydrogens (tertiary/aromatic N) is 10. The molecule has 4 aliphatic heterocycles. The molecule has 0 bridgehead atoms. The lowest BCUT2D eigenvalue weighted by Crippen LogP contribution is -2.53. The van der Waals surface area contributed by atoms with Crippen molar-refractivity contribution in [2.24, 2.45) is 0 Å². The minimum absolute atomic E-state index is 0.0906. The molecule has 4 aromatic heterocycles. The number of hydrogen-bond acceptors (Lipinski definition) is 13.